The SMILES string of the molecule is Cn1cc(C2c3ccccc3C(=O)N2Cc2ccc3c(c2)OCO3)c2ccccc21. The summed E-state index contributed by atoms with van der Waals surface area (Å²) in [5, 5.41) is 1.17. The number of hydrogen-bond acceptors (Lipinski definition) is 3. The van der Waals surface area contributed by atoms with Crippen molar-refractivity contribution in [2.75, 3.05) is 6.79 Å². The second-order valence-electron chi connectivity index (χ2n) is 7.82. The van der Waals surface area contributed by atoms with Crippen molar-refractivity contribution < 1.29 is 14.3 Å². The Morgan fingerprint density at radius 2 is 1.73 bits per heavy atom. The van der Waals surface area contributed by atoms with Gasteiger partial charge < -0.3 is 18.9 Å². The molecule has 4 aromatic rings. The van der Waals surface area contributed by atoms with Gasteiger partial charge in [0, 0.05) is 41.8 Å². The predicted octanol–water partition coefficient (Wildman–Crippen LogP) is 4.65. The molecule has 30 heavy (non-hydrogen) atoms. The van der Waals surface area contributed by atoms with Crippen molar-refractivity contribution in [1.82, 2.24) is 9.47 Å². The fourth-order valence-corrected chi connectivity index (χ4v) is 4.70. The second kappa shape index (κ2) is 6.39. The summed E-state index contributed by atoms with van der Waals surface area (Å²) < 4.78 is 13.1. The van der Waals surface area contributed by atoms with E-state index in [9.17, 15) is 4.79 Å². The minimum Gasteiger partial charge on any atom is -0.454 e. The molecule has 0 fully saturated rings. The zero-order valence-electron chi connectivity index (χ0n) is 16.5. The standard InChI is InChI=1S/C25H20N2O3/c1-26-14-20(17-6-4-5-9-21(17)26)24-18-7-2-3-8-19(18)25(28)27(24)13-16-10-11-22-23(12-16)30-15-29-22/h2-12,14,24H,13,15H2,1H3. The van der Waals surface area contributed by atoms with Gasteiger partial charge in [-0.15, -0.1) is 0 Å². The third kappa shape index (κ3) is 2.45. The van der Waals surface area contributed by atoms with Crippen LogP contribution in [0, 0.1) is 0 Å². The van der Waals surface area contributed by atoms with Gasteiger partial charge in [-0.3, -0.25) is 4.79 Å². The van der Waals surface area contributed by atoms with Gasteiger partial charge in [0.2, 0.25) is 6.79 Å². The molecule has 0 bridgehead atoms. The number of hydrogen-bond donors (Lipinski definition) is 0. The number of para-hydroxylation sites is 1. The van der Waals surface area contributed by atoms with Crippen molar-refractivity contribution in [3.05, 3.63) is 95.2 Å². The van der Waals surface area contributed by atoms with Crippen LogP contribution in [0.4, 0.5) is 0 Å². The molecular formula is C25H20N2O3. The Hall–Kier alpha value is -3.73. The van der Waals surface area contributed by atoms with Gasteiger partial charge in [0.15, 0.2) is 11.5 Å². The number of amides is 1. The zero-order valence-corrected chi connectivity index (χ0v) is 16.5. The van der Waals surface area contributed by atoms with Crippen LogP contribution in [0.1, 0.15) is 33.1 Å². The lowest BCUT2D eigenvalue weighted by Crippen LogP contribution is -2.28. The maximum atomic E-state index is 13.4. The lowest BCUT2D eigenvalue weighted by atomic mass is 9.97. The van der Waals surface area contributed by atoms with Gasteiger partial charge in [0.05, 0.1) is 6.04 Å². The molecule has 5 nitrogen and oxygen atoms in total. The zero-order chi connectivity index (χ0) is 20.2. The fourth-order valence-electron chi connectivity index (χ4n) is 4.70. The summed E-state index contributed by atoms with van der Waals surface area (Å²) in [5.41, 5.74) is 5.15. The molecule has 0 radical (unpaired) electrons. The third-order valence-corrected chi connectivity index (χ3v) is 6.07. The molecule has 3 heterocycles. The lowest BCUT2D eigenvalue weighted by Gasteiger charge is -2.25. The first-order valence-corrected chi connectivity index (χ1v) is 10.0. The van der Waals surface area contributed by atoms with E-state index < -0.39 is 0 Å². The molecule has 148 valence electrons. The summed E-state index contributed by atoms with van der Waals surface area (Å²) in [4.78, 5) is 15.4. The van der Waals surface area contributed by atoms with Crippen LogP contribution in [0.2, 0.25) is 0 Å². The van der Waals surface area contributed by atoms with E-state index >= 15 is 0 Å². The summed E-state index contributed by atoms with van der Waals surface area (Å²) in [6.07, 6.45) is 2.15. The number of aromatic nitrogens is 1. The monoisotopic (exact) mass is 396 g/mol. The van der Waals surface area contributed by atoms with Crippen LogP contribution in [-0.4, -0.2) is 22.2 Å². The minimum atomic E-state index is -0.134. The Morgan fingerprint density at radius 3 is 2.67 bits per heavy atom. The van der Waals surface area contributed by atoms with Crippen molar-refractivity contribution >= 4 is 16.8 Å². The van der Waals surface area contributed by atoms with Crippen molar-refractivity contribution in [1.29, 1.82) is 0 Å². The van der Waals surface area contributed by atoms with Crippen molar-refractivity contribution in [3.63, 3.8) is 0 Å². The van der Waals surface area contributed by atoms with Crippen molar-refractivity contribution in [2.24, 2.45) is 7.05 Å². The maximum absolute atomic E-state index is 13.4. The number of fused-ring (bicyclic) bond motifs is 3. The van der Waals surface area contributed by atoms with E-state index in [1.165, 1.54) is 5.39 Å². The predicted molar refractivity (Wildman–Crippen MR) is 114 cm³/mol. The Morgan fingerprint density at radius 1 is 0.933 bits per heavy atom. The summed E-state index contributed by atoms with van der Waals surface area (Å²) >= 11 is 0. The van der Waals surface area contributed by atoms with Crippen molar-refractivity contribution in [2.45, 2.75) is 12.6 Å². The number of carbonyl (C=O) groups excluding carboxylic acids is 1. The quantitative estimate of drug-likeness (QED) is 0.506. The molecule has 2 aliphatic heterocycles. The van der Waals surface area contributed by atoms with Gasteiger partial charge in [-0.25, -0.2) is 0 Å². The molecule has 5 heteroatoms. The van der Waals surface area contributed by atoms with Gasteiger partial charge in [-0.1, -0.05) is 42.5 Å². The summed E-state index contributed by atoms with van der Waals surface area (Å²) in [7, 11) is 2.05. The lowest BCUT2D eigenvalue weighted by molar-refractivity contribution is 0.0736. The normalized spacial score (nSPS) is 17.0. The first kappa shape index (κ1) is 17.2. The van der Waals surface area contributed by atoms with Gasteiger partial charge >= 0.3 is 0 Å². The van der Waals surface area contributed by atoms with Crippen molar-refractivity contribution in [3.8, 4) is 11.5 Å². The Balaban J connectivity index is 1.48. The maximum Gasteiger partial charge on any atom is 0.255 e. The Labute approximate surface area is 174 Å². The molecule has 3 aromatic carbocycles. The first-order valence-electron chi connectivity index (χ1n) is 10.0. The number of aryl methyl sites for hydroxylation is 1. The molecule has 6 rings (SSSR count). The van der Waals surface area contributed by atoms with Crippen LogP contribution in [0.3, 0.4) is 0 Å². The molecular weight excluding hydrogens is 376 g/mol. The van der Waals surface area contributed by atoms with Gasteiger partial charge in [-0.2, -0.15) is 0 Å². The van der Waals surface area contributed by atoms with Crippen LogP contribution in [0.5, 0.6) is 11.5 Å². The van der Waals surface area contributed by atoms with E-state index in [1.54, 1.807) is 0 Å². The molecule has 1 amide bonds. The molecule has 0 aliphatic carbocycles. The highest BCUT2D eigenvalue weighted by Gasteiger charge is 2.38. The van der Waals surface area contributed by atoms with Crippen LogP contribution < -0.4 is 9.47 Å². The topological polar surface area (TPSA) is 43.7 Å². The molecule has 2 aliphatic rings. The van der Waals surface area contributed by atoms with Gasteiger partial charge in [0.1, 0.15) is 0 Å². The molecule has 1 aromatic heterocycles. The van der Waals surface area contributed by atoms with E-state index in [1.807, 2.05) is 47.4 Å². The second-order valence-corrected chi connectivity index (χ2v) is 7.82. The third-order valence-electron chi connectivity index (χ3n) is 6.07. The average Bonchev–Trinajstić information content (AvgIpc) is 3.44. The highest BCUT2D eigenvalue weighted by Crippen LogP contribution is 2.43. The average molecular weight is 396 g/mol. The highest BCUT2D eigenvalue weighted by molar-refractivity contribution is 6.00. The largest absolute Gasteiger partial charge is 0.454 e. The Bertz CT molecular complexity index is 1310. The fraction of sp³-hybridized carbons (Fsp3) is 0.160. The van der Waals surface area contributed by atoms with Gasteiger partial charge in [-0.05, 0) is 35.4 Å². The van der Waals surface area contributed by atoms with E-state index in [2.05, 4.69) is 42.1 Å². The summed E-state index contributed by atoms with van der Waals surface area (Å²) in [6, 6.07) is 22.0. The van der Waals surface area contributed by atoms with E-state index in [4.69, 9.17) is 9.47 Å². The van der Waals surface area contributed by atoms with Crippen LogP contribution in [0.25, 0.3) is 10.9 Å². The summed E-state index contributed by atoms with van der Waals surface area (Å²) in [5.74, 6) is 1.54. The minimum absolute atomic E-state index is 0.0567. The number of ether oxygens (including phenoxy) is 2. The van der Waals surface area contributed by atoms with Crippen LogP contribution >= 0.6 is 0 Å². The Kier molecular flexibility index (Phi) is 3.65. The molecule has 1 atom stereocenters. The molecule has 1 unspecified atom stereocenters. The molecule has 0 spiro atoms. The van der Waals surface area contributed by atoms with Crippen LogP contribution in [0.15, 0.2) is 72.9 Å². The first-order chi connectivity index (χ1) is 14.7. The van der Waals surface area contributed by atoms with Crippen LogP contribution in [-0.2, 0) is 13.6 Å². The van der Waals surface area contributed by atoms with E-state index in [0.29, 0.717) is 6.54 Å². The van der Waals surface area contributed by atoms with E-state index in [-0.39, 0.29) is 18.7 Å². The highest BCUT2D eigenvalue weighted by atomic mass is 16.7. The summed E-state index contributed by atoms with van der Waals surface area (Å²) in [6.45, 7) is 0.740. The van der Waals surface area contributed by atoms with Gasteiger partial charge in [0.25, 0.3) is 5.91 Å². The number of rotatable bonds is 3. The number of benzene rings is 3. The number of carbonyl (C=O) groups is 1. The smallest absolute Gasteiger partial charge is 0.255 e. The molecule has 0 N–H and O–H groups in total. The number of nitrogens with zero attached hydrogens (tertiary/aromatic N) is 2. The van der Waals surface area contributed by atoms with E-state index in [0.717, 1.165) is 39.3 Å². The molecule has 0 saturated heterocycles. The molecule has 0 saturated carbocycles.